The lowest BCUT2D eigenvalue weighted by Gasteiger charge is -2.34. The Morgan fingerprint density at radius 3 is 2.41 bits per heavy atom. The van der Waals surface area contributed by atoms with Crippen molar-refractivity contribution in [2.45, 2.75) is 32.2 Å². The molecule has 2 aliphatic rings. The number of carbonyl (C=O) groups excluding carboxylic acids is 2. The fourth-order valence-corrected chi connectivity index (χ4v) is 6.16. The summed E-state index contributed by atoms with van der Waals surface area (Å²) in [6.45, 7) is 4.21. The molecule has 2 aromatic rings. The number of hydrogen-bond acceptors (Lipinski definition) is 6. The molecular weight excluding hydrogens is 469 g/mol. The minimum atomic E-state index is -0.369. The maximum Gasteiger partial charge on any atom is 0.341 e. The highest BCUT2D eigenvalue weighted by Crippen LogP contribution is 2.38. The first-order chi connectivity index (χ1) is 15.5. The standard InChI is InChI=1S/C23H27Cl2N3O3S/c1-31-23(30)21-15-5-2-3-8-19(15)32-22(21)26-20(29)14-28-11-9-27(10-12-28)13-16-17(24)6-4-7-18(16)25/h4,6-7H,2-3,5,8-14H2,1H3,(H,26,29). The molecule has 0 spiro atoms. The number of esters is 1. The second kappa shape index (κ2) is 10.5. The Balaban J connectivity index is 1.33. The summed E-state index contributed by atoms with van der Waals surface area (Å²) in [5.41, 5.74) is 2.54. The molecule has 1 saturated heterocycles. The monoisotopic (exact) mass is 495 g/mol. The van der Waals surface area contributed by atoms with E-state index in [4.69, 9.17) is 27.9 Å². The lowest BCUT2D eigenvalue weighted by Crippen LogP contribution is -2.48. The van der Waals surface area contributed by atoms with E-state index in [0.29, 0.717) is 33.7 Å². The van der Waals surface area contributed by atoms with E-state index in [1.165, 1.54) is 23.3 Å². The van der Waals surface area contributed by atoms with Gasteiger partial charge in [0, 0.05) is 53.2 Å². The second-order valence-electron chi connectivity index (χ2n) is 8.21. The topological polar surface area (TPSA) is 61.9 Å². The Morgan fingerprint density at radius 1 is 1.06 bits per heavy atom. The van der Waals surface area contributed by atoms with E-state index in [-0.39, 0.29) is 11.9 Å². The summed E-state index contributed by atoms with van der Waals surface area (Å²) in [5.74, 6) is -0.470. The number of benzene rings is 1. The zero-order valence-corrected chi connectivity index (χ0v) is 20.4. The van der Waals surface area contributed by atoms with Gasteiger partial charge >= 0.3 is 5.97 Å². The van der Waals surface area contributed by atoms with Gasteiger partial charge in [-0.25, -0.2) is 4.79 Å². The highest BCUT2D eigenvalue weighted by molar-refractivity contribution is 7.17. The summed E-state index contributed by atoms with van der Waals surface area (Å²) in [5, 5.41) is 4.97. The number of fused-ring (bicyclic) bond motifs is 1. The van der Waals surface area contributed by atoms with Crippen LogP contribution in [0.1, 0.15) is 39.2 Å². The van der Waals surface area contributed by atoms with Gasteiger partial charge in [-0.1, -0.05) is 29.3 Å². The van der Waals surface area contributed by atoms with Crippen LogP contribution in [0, 0.1) is 0 Å². The highest BCUT2D eigenvalue weighted by Gasteiger charge is 2.27. The number of piperazine rings is 1. The first kappa shape index (κ1) is 23.5. The van der Waals surface area contributed by atoms with Crippen molar-refractivity contribution < 1.29 is 14.3 Å². The van der Waals surface area contributed by atoms with Crippen molar-refractivity contribution in [3.05, 3.63) is 49.8 Å². The number of ether oxygens (including phenoxy) is 1. The van der Waals surface area contributed by atoms with Crippen LogP contribution in [0.3, 0.4) is 0 Å². The third kappa shape index (κ3) is 5.29. The smallest absolute Gasteiger partial charge is 0.341 e. The predicted octanol–water partition coefficient (Wildman–Crippen LogP) is 4.48. The molecule has 0 bridgehead atoms. The molecule has 1 amide bonds. The van der Waals surface area contributed by atoms with Gasteiger partial charge in [0.1, 0.15) is 5.00 Å². The first-order valence-corrected chi connectivity index (χ1v) is 12.4. The Bertz CT molecular complexity index is 982. The zero-order valence-electron chi connectivity index (χ0n) is 18.1. The number of halogens is 2. The molecule has 1 aromatic heterocycles. The van der Waals surface area contributed by atoms with Crippen molar-refractivity contribution in [2.24, 2.45) is 0 Å². The van der Waals surface area contributed by atoms with Crippen LogP contribution in [0.15, 0.2) is 18.2 Å². The van der Waals surface area contributed by atoms with E-state index >= 15 is 0 Å². The number of nitrogens with one attached hydrogen (secondary N) is 1. The normalized spacial score (nSPS) is 17.1. The van der Waals surface area contributed by atoms with Crippen LogP contribution in [0.4, 0.5) is 5.00 Å². The summed E-state index contributed by atoms with van der Waals surface area (Å²) < 4.78 is 4.99. The van der Waals surface area contributed by atoms with Gasteiger partial charge in [-0.15, -0.1) is 11.3 Å². The largest absolute Gasteiger partial charge is 0.465 e. The third-order valence-electron chi connectivity index (χ3n) is 6.09. The Kier molecular flexibility index (Phi) is 7.74. The fourth-order valence-electron chi connectivity index (χ4n) is 4.35. The van der Waals surface area contributed by atoms with Crippen molar-refractivity contribution in [1.29, 1.82) is 0 Å². The first-order valence-electron chi connectivity index (χ1n) is 10.9. The van der Waals surface area contributed by atoms with Crippen molar-refractivity contribution >= 4 is 51.4 Å². The van der Waals surface area contributed by atoms with Crippen LogP contribution in [0.2, 0.25) is 10.0 Å². The maximum absolute atomic E-state index is 12.8. The van der Waals surface area contributed by atoms with Crippen molar-refractivity contribution in [3.8, 4) is 0 Å². The van der Waals surface area contributed by atoms with Crippen LogP contribution >= 0.6 is 34.5 Å². The van der Waals surface area contributed by atoms with Crippen LogP contribution in [0.25, 0.3) is 0 Å². The number of aryl methyl sites for hydroxylation is 1. The van der Waals surface area contributed by atoms with Crippen LogP contribution in [0.5, 0.6) is 0 Å². The molecule has 6 nitrogen and oxygen atoms in total. The number of methoxy groups -OCH3 is 1. The Hall–Kier alpha value is -1.64. The lowest BCUT2D eigenvalue weighted by atomic mass is 9.95. The molecule has 32 heavy (non-hydrogen) atoms. The van der Waals surface area contributed by atoms with Crippen LogP contribution in [-0.4, -0.2) is 61.5 Å². The van der Waals surface area contributed by atoms with Gasteiger partial charge in [0.2, 0.25) is 5.91 Å². The average molecular weight is 496 g/mol. The van der Waals surface area contributed by atoms with Gasteiger partial charge in [0.25, 0.3) is 0 Å². The average Bonchev–Trinajstić information content (AvgIpc) is 3.14. The fraction of sp³-hybridized carbons (Fsp3) is 0.478. The third-order valence-corrected chi connectivity index (χ3v) is 8.00. The molecular formula is C23H27Cl2N3O3S. The Labute approximate surface area is 202 Å². The molecule has 1 aliphatic carbocycles. The molecule has 0 unspecified atom stereocenters. The number of thiophene rings is 1. The highest BCUT2D eigenvalue weighted by atomic mass is 35.5. The molecule has 1 fully saturated rings. The second-order valence-corrected chi connectivity index (χ2v) is 10.1. The number of amides is 1. The van der Waals surface area contributed by atoms with E-state index in [9.17, 15) is 9.59 Å². The van der Waals surface area contributed by atoms with Crippen molar-refractivity contribution in [3.63, 3.8) is 0 Å². The van der Waals surface area contributed by atoms with Gasteiger partial charge in [0.15, 0.2) is 0 Å². The van der Waals surface area contributed by atoms with Crippen LogP contribution in [-0.2, 0) is 28.9 Å². The molecule has 1 aromatic carbocycles. The Morgan fingerprint density at radius 2 is 1.72 bits per heavy atom. The molecule has 0 saturated carbocycles. The predicted molar refractivity (Wildman–Crippen MR) is 129 cm³/mol. The van der Waals surface area contributed by atoms with Crippen molar-refractivity contribution in [1.82, 2.24) is 9.80 Å². The molecule has 4 rings (SSSR count). The van der Waals surface area contributed by atoms with E-state index in [2.05, 4.69) is 15.1 Å². The number of nitrogens with zero attached hydrogens (tertiary/aromatic N) is 2. The summed E-state index contributed by atoms with van der Waals surface area (Å²) >= 11 is 14.1. The van der Waals surface area contributed by atoms with Gasteiger partial charge in [-0.2, -0.15) is 0 Å². The van der Waals surface area contributed by atoms with Gasteiger partial charge < -0.3 is 10.1 Å². The number of hydrogen-bond donors (Lipinski definition) is 1. The molecule has 0 radical (unpaired) electrons. The van der Waals surface area contributed by atoms with E-state index in [1.807, 2.05) is 18.2 Å². The number of rotatable bonds is 6. The SMILES string of the molecule is COC(=O)c1c(NC(=O)CN2CCN(Cc3c(Cl)cccc3Cl)CC2)sc2c1CCCC2. The molecule has 0 atom stereocenters. The number of anilines is 1. The van der Waals surface area contributed by atoms with E-state index in [0.717, 1.165) is 63.0 Å². The summed E-state index contributed by atoms with van der Waals surface area (Å²) in [4.78, 5) is 30.8. The van der Waals surface area contributed by atoms with Gasteiger partial charge in [-0.05, 0) is 43.4 Å². The van der Waals surface area contributed by atoms with Crippen molar-refractivity contribution in [2.75, 3.05) is 45.2 Å². The summed E-state index contributed by atoms with van der Waals surface area (Å²) in [7, 11) is 1.39. The lowest BCUT2D eigenvalue weighted by molar-refractivity contribution is -0.117. The number of carbonyl (C=O) groups is 2. The summed E-state index contributed by atoms with van der Waals surface area (Å²) in [6, 6.07) is 5.56. The molecule has 1 aliphatic heterocycles. The summed E-state index contributed by atoms with van der Waals surface area (Å²) in [6.07, 6.45) is 4.00. The quantitative estimate of drug-likeness (QED) is 0.598. The maximum atomic E-state index is 12.8. The molecule has 9 heteroatoms. The van der Waals surface area contributed by atoms with Gasteiger partial charge in [0.05, 0.1) is 19.2 Å². The minimum Gasteiger partial charge on any atom is -0.465 e. The molecule has 2 heterocycles. The minimum absolute atomic E-state index is 0.101. The van der Waals surface area contributed by atoms with Crippen LogP contribution < -0.4 is 5.32 Å². The van der Waals surface area contributed by atoms with Gasteiger partial charge in [-0.3, -0.25) is 14.6 Å². The van der Waals surface area contributed by atoms with E-state index < -0.39 is 0 Å². The zero-order chi connectivity index (χ0) is 22.7. The van der Waals surface area contributed by atoms with E-state index in [1.54, 1.807) is 0 Å². The molecule has 172 valence electrons. The molecule has 1 N–H and O–H groups in total.